The van der Waals surface area contributed by atoms with Gasteiger partial charge in [0.1, 0.15) is 0 Å². The fourth-order valence-corrected chi connectivity index (χ4v) is 9.57. The lowest BCUT2D eigenvalue weighted by Gasteiger charge is -2.35. The minimum atomic E-state index is 0.157. The van der Waals surface area contributed by atoms with Crippen molar-refractivity contribution in [3.05, 3.63) is 96.8 Å². The number of aryl methyl sites for hydroxylation is 2. The topological polar surface area (TPSA) is 136 Å². The molecule has 0 amide bonds. The van der Waals surface area contributed by atoms with Gasteiger partial charge in [0.2, 0.25) is 23.7 Å². The van der Waals surface area contributed by atoms with Crippen LogP contribution in [0.15, 0.2) is 85.5 Å². The van der Waals surface area contributed by atoms with E-state index in [9.17, 15) is 0 Å². The van der Waals surface area contributed by atoms with Crippen LogP contribution in [0.2, 0.25) is 0 Å². The summed E-state index contributed by atoms with van der Waals surface area (Å²) in [4.78, 5) is 37.4. The predicted molar refractivity (Wildman–Crippen MR) is 279 cm³/mol. The molecule has 368 valence electrons. The summed E-state index contributed by atoms with van der Waals surface area (Å²) in [5.74, 6) is 3.20. The third-order valence-corrected chi connectivity index (χ3v) is 12.8. The first-order valence-corrected chi connectivity index (χ1v) is 24.6. The number of pyridine rings is 2. The highest BCUT2D eigenvalue weighted by Gasteiger charge is 2.28. The Morgan fingerprint density at radius 2 is 0.886 bits per heavy atom. The maximum Gasteiger partial charge on any atom is 0.213 e. The molecule has 10 rings (SSSR count). The van der Waals surface area contributed by atoms with Crippen molar-refractivity contribution in [1.82, 2.24) is 48.5 Å². The second-order valence-corrected chi connectivity index (χ2v) is 19.5. The molecule has 0 bridgehead atoms. The van der Waals surface area contributed by atoms with E-state index < -0.39 is 0 Å². The third-order valence-electron chi connectivity index (χ3n) is 12.8. The Bertz CT molecular complexity index is 2820. The molecule has 2 fully saturated rings. The second-order valence-electron chi connectivity index (χ2n) is 19.5. The quantitative estimate of drug-likeness (QED) is 0.0966. The average Bonchev–Trinajstić information content (AvgIpc) is 3.87. The fourth-order valence-electron chi connectivity index (χ4n) is 9.57. The van der Waals surface area contributed by atoms with E-state index in [-0.39, 0.29) is 24.4 Å². The van der Waals surface area contributed by atoms with Crippen LogP contribution >= 0.6 is 0 Å². The first kappa shape index (κ1) is 48.6. The zero-order valence-corrected chi connectivity index (χ0v) is 42.5. The molecule has 4 atom stereocenters. The van der Waals surface area contributed by atoms with Crippen molar-refractivity contribution < 1.29 is 18.9 Å². The van der Waals surface area contributed by atoms with Crippen LogP contribution in [0.5, 0.6) is 11.8 Å². The first-order chi connectivity index (χ1) is 33.8. The van der Waals surface area contributed by atoms with Gasteiger partial charge in [-0.15, -0.1) is 0 Å². The highest BCUT2D eigenvalue weighted by atomic mass is 16.5. The Labute approximate surface area is 411 Å². The van der Waals surface area contributed by atoms with Gasteiger partial charge in [0.15, 0.2) is 0 Å². The van der Waals surface area contributed by atoms with Gasteiger partial charge in [-0.3, -0.25) is 18.8 Å². The van der Waals surface area contributed by atoms with Crippen molar-refractivity contribution in [3.63, 3.8) is 0 Å². The minimum absolute atomic E-state index is 0.157. The molecule has 8 heterocycles. The zero-order chi connectivity index (χ0) is 49.1. The molecule has 16 nitrogen and oxygen atoms in total. The van der Waals surface area contributed by atoms with Crippen LogP contribution in [0.3, 0.4) is 0 Å². The number of morpholine rings is 2. The van der Waals surface area contributed by atoms with E-state index in [2.05, 4.69) is 143 Å². The van der Waals surface area contributed by atoms with Crippen LogP contribution in [0.4, 0.5) is 11.9 Å². The van der Waals surface area contributed by atoms with Crippen molar-refractivity contribution in [3.8, 4) is 34.0 Å². The summed E-state index contributed by atoms with van der Waals surface area (Å²) in [6.07, 6.45) is 10.2. The van der Waals surface area contributed by atoms with E-state index in [0.29, 0.717) is 25.0 Å². The number of fused-ring (bicyclic) bond motifs is 6. The molecule has 0 saturated carbocycles. The van der Waals surface area contributed by atoms with Crippen LogP contribution < -0.4 is 19.3 Å². The lowest BCUT2D eigenvalue weighted by atomic mass is 10.1. The van der Waals surface area contributed by atoms with Crippen molar-refractivity contribution in [1.29, 1.82) is 0 Å². The molecule has 2 saturated heterocycles. The molecular formula is C54H68N12O4. The van der Waals surface area contributed by atoms with Gasteiger partial charge in [-0.05, 0) is 130 Å². The summed E-state index contributed by atoms with van der Waals surface area (Å²) in [6.45, 7) is 19.1. The van der Waals surface area contributed by atoms with Gasteiger partial charge >= 0.3 is 0 Å². The average molecular weight is 949 g/mol. The summed E-state index contributed by atoms with van der Waals surface area (Å²) in [6, 6.07) is 20.7. The number of nitrogens with zero attached hydrogens (tertiary/aromatic N) is 12. The van der Waals surface area contributed by atoms with Crippen LogP contribution in [-0.2, 0) is 9.47 Å². The maximum atomic E-state index is 5.96. The van der Waals surface area contributed by atoms with E-state index in [0.717, 1.165) is 131 Å². The van der Waals surface area contributed by atoms with Gasteiger partial charge in [0.05, 0.1) is 94.5 Å². The van der Waals surface area contributed by atoms with Gasteiger partial charge in [0.25, 0.3) is 0 Å². The molecule has 0 radical (unpaired) electrons. The molecule has 0 N–H and O–H groups in total. The van der Waals surface area contributed by atoms with Crippen LogP contribution in [0, 0.1) is 13.8 Å². The summed E-state index contributed by atoms with van der Waals surface area (Å²) < 4.78 is 28.0. The number of hydrogen-bond donors (Lipinski definition) is 0. The largest absolute Gasteiger partial charge is 0.478 e. The van der Waals surface area contributed by atoms with Gasteiger partial charge < -0.3 is 38.5 Å². The smallest absolute Gasteiger partial charge is 0.213 e. The highest BCUT2D eigenvalue weighted by Crippen LogP contribution is 2.32. The normalized spacial score (nSPS) is 18.6. The molecule has 6 aromatic heterocycles. The number of imidazole rings is 2. The zero-order valence-electron chi connectivity index (χ0n) is 42.5. The molecule has 2 aliphatic rings. The van der Waals surface area contributed by atoms with Gasteiger partial charge in [-0.1, -0.05) is 12.1 Å². The molecule has 2 aromatic carbocycles. The fraction of sp³-hybridized carbons (Fsp3) is 0.444. The van der Waals surface area contributed by atoms with E-state index in [1.54, 1.807) is 0 Å². The Hall–Kier alpha value is -6.46. The SMILES string of the molecule is Cc1nc(N2C[C@@H](C)O[C@H](C)C2)n2c1cnc1ccc(-c3ccc(OCCCN(C)C)nc3)cc12.Cc1nc(N2C[C@H](C)O[C@@H](C)C2)n2c1cnc1ccc(-c3ccc(OCCCN(C)C)nc3)cc12. The first-order valence-electron chi connectivity index (χ1n) is 24.6. The van der Waals surface area contributed by atoms with Crippen LogP contribution in [0.25, 0.3) is 55.4 Å². The molecule has 0 aliphatic carbocycles. The second kappa shape index (κ2) is 21.3. The van der Waals surface area contributed by atoms with Gasteiger partial charge in [0, 0.05) is 74.9 Å². The molecule has 70 heavy (non-hydrogen) atoms. The number of aromatic nitrogens is 8. The van der Waals surface area contributed by atoms with E-state index in [1.807, 2.05) is 50.8 Å². The van der Waals surface area contributed by atoms with Gasteiger partial charge in [-0.2, -0.15) is 0 Å². The van der Waals surface area contributed by atoms with Crippen LogP contribution in [0.1, 0.15) is 51.9 Å². The van der Waals surface area contributed by atoms with E-state index in [1.165, 1.54) is 0 Å². The number of rotatable bonds is 14. The monoisotopic (exact) mass is 949 g/mol. The molecule has 8 aromatic rings. The Balaban J connectivity index is 0.000000174. The standard InChI is InChI=1S/2C27H34N6O2/c2*1-18-16-32(17-19(2)35-18)27-30-20(3)25-15-28-23-9-7-21(13-24(23)33(25)27)22-8-10-26(29-14-22)34-12-6-11-31(4)5/h2*7-10,13-15,18-19H,6,11-12,16-17H2,1-5H3/t2*18-,19-/m10/s1. The lowest BCUT2D eigenvalue weighted by Crippen LogP contribution is -2.46. The molecule has 0 unspecified atom stereocenters. The number of benzene rings is 2. The van der Waals surface area contributed by atoms with Crippen LogP contribution in [-0.4, -0.2) is 154 Å². The van der Waals surface area contributed by atoms with E-state index in [4.69, 9.17) is 38.9 Å². The Kier molecular flexibility index (Phi) is 14.8. The van der Waals surface area contributed by atoms with Crippen molar-refractivity contribution in [2.45, 2.75) is 78.8 Å². The summed E-state index contributed by atoms with van der Waals surface area (Å²) in [5, 5.41) is 0. The molecule has 0 spiro atoms. The van der Waals surface area contributed by atoms with Crippen molar-refractivity contribution in [2.75, 3.05) is 90.5 Å². The van der Waals surface area contributed by atoms with E-state index >= 15 is 0 Å². The number of anilines is 2. The predicted octanol–water partition coefficient (Wildman–Crippen LogP) is 8.39. The Morgan fingerprint density at radius 3 is 1.24 bits per heavy atom. The summed E-state index contributed by atoms with van der Waals surface area (Å²) in [7, 11) is 8.26. The maximum absolute atomic E-state index is 5.96. The van der Waals surface area contributed by atoms with Gasteiger partial charge in [-0.25, -0.2) is 19.9 Å². The number of ether oxygens (including phenoxy) is 4. The van der Waals surface area contributed by atoms with Crippen molar-refractivity contribution in [2.24, 2.45) is 0 Å². The molecular weight excluding hydrogens is 881 g/mol. The lowest BCUT2D eigenvalue weighted by molar-refractivity contribution is -0.00598. The van der Waals surface area contributed by atoms with Crippen molar-refractivity contribution >= 4 is 45.0 Å². The minimum Gasteiger partial charge on any atom is -0.478 e. The number of hydrogen-bond acceptors (Lipinski definition) is 14. The molecule has 16 heteroatoms. The highest BCUT2D eigenvalue weighted by molar-refractivity contribution is 5.87. The molecule has 2 aliphatic heterocycles. The Morgan fingerprint density at radius 1 is 0.500 bits per heavy atom. The third kappa shape index (κ3) is 10.9. The summed E-state index contributed by atoms with van der Waals surface area (Å²) in [5.41, 5.74) is 12.2. The summed E-state index contributed by atoms with van der Waals surface area (Å²) >= 11 is 0.